The highest BCUT2D eigenvalue weighted by Crippen LogP contribution is 2.27. The van der Waals surface area contributed by atoms with Gasteiger partial charge in [0.1, 0.15) is 23.4 Å². The minimum atomic E-state index is -0.956. The van der Waals surface area contributed by atoms with Crippen LogP contribution in [0.15, 0.2) is 18.2 Å². The van der Waals surface area contributed by atoms with Gasteiger partial charge in [-0.2, -0.15) is 0 Å². The molecule has 8 nitrogen and oxygen atoms in total. The molecule has 0 saturated carbocycles. The van der Waals surface area contributed by atoms with Gasteiger partial charge in [0.2, 0.25) is 11.8 Å². The Morgan fingerprint density at radius 1 is 1.06 bits per heavy atom. The number of phenolic OH excluding ortho intramolecular Hbond substituents is 1. The number of carbonyl (C=O) groups is 3. The van der Waals surface area contributed by atoms with E-state index in [4.69, 9.17) is 4.74 Å². The van der Waals surface area contributed by atoms with Crippen LogP contribution in [0.5, 0.6) is 5.75 Å². The normalized spacial score (nSPS) is 13.8. The maximum atomic E-state index is 13.4. The molecule has 0 bridgehead atoms. The molecule has 0 fully saturated rings. The number of carbonyl (C=O) groups excluding carboxylic acids is 3. The highest BCUT2D eigenvalue weighted by atomic mass is 16.6. The minimum Gasteiger partial charge on any atom is -0.508 e. The van der Waals surface area contributed by atoms with Crippen molar-refractivity contribution in [1.82, 2.24) is 15.5 Å². The Hall–Kier alpha value is -2.77. The number of likely N-dealkylation sites (N-methyl/N-ethyl adjacent to an activating group) is 1. The van der Waals surface area contributed by atoms with Gasteiger partial charge in [-0.05, 0) is 77.6 Å². The Balaban J connectivity index is 3.31. The van der Waals surface area contributed by atoms with Gasteiger partial charge in [-0.1, -0.05) is 19.9 Å². The SMILES string of the molecule is Cc1cc(C(C(=O)NC(C)(C)C)N(C)C(=O)C(NC(=O)OC(C)(C)C)C(C)C)ccc1O. The van der Waals surface area contributed by atoms with Crippen molar-refractivity contribution in [2.75, 3.05) is 7.05 Å². The number of ether oxygens (including phenoxy) is 1. The summed E-state index contributed by atoms with van der Waals surface area (Å²) in [4.78, 5) is 40.3. The van der Waals surface area contributed by atoms with E-state index in [0.717, 1.165) is 0 Å². The van der Waals surface area contributed by atoms with Gasteiger partial charge in [0.15, 0.2) is 0 Å². The average molecular weight is 450 g/mol. The molecule has 8 heteroatoms. The first kappa shape index (κ1) is 27.3. The first-order valence-electron chi connectivity index (χ1n) is 10.8. The van der Waals surface area contributed by atoms with Gasteiger partial charge in [-0.3, -0.25) is 9.59 Å². The lowest BCUT2D eigenvalue weighted by Crippen LogP contribution is -2.55. The largest absolute Gasteiger partial charge is 0.508 e. The molecule has 0 aliphatic rings. The van der Waals surface area contributed by atoms with Gasteiger partial charge in [-0.15, -0.1) is 0 Å². The number of aryl methyl sites for hydroxylation is 1. The van der Waals surface area contributed by atoms with Crippen LogP contribution in [0.3, 0.4) is 0 Å². The molecule has 0 spiro atoms. The van der Waals surface area contributed by atoms with Crippen LogP contribution in [0.4, 0.5) is 4.79 Å². The molecule has 3 N–H and O–H groups in total. The zero-order valence-corrected chi connectivity index (χ0v) is 21.0. The van der Waals surface area contributed by atoms with Gasteiger partial charge in [0, 0.05) is 12.6 Å². The molecule has 180 valence electrons. The second kappa shape index (κ2) is 10.2. The molecule has 1 aromatic carbocycles. The minimum absolute atomic E-state index is 0.101. The van der Waals surface area contributed by atoms with Crippen LogP contribution in [0.1, 0.15) is 72.6 Å². The third-order valence-corrected chi connectivity index (χ3v) is 4.62. The van der Waals surface area contributed by atoms with Gasteiger partial charge >= 0.3 is 6.09 Å². The summed E-state index contributed by atoms with van der Waals surface area (Å²) >= 11 is 0. The molecule has 0 aliphatic heterocycles. The van der Waals surface area contributed by atoms with Crippen molar-refractivity contribution in [1.29, 1.82) is 0 Å². The maximum Gasteiger partial charge on any atom is 0.408 e. The summed E-state index contributed by atoms with van der Waals surface area (Å²) < 4.78 is 5.31. The highest BCUT2D eigenvalue weighted by molar-refractivity contribution is 5.92. The van der Waals surface area contributed by atoms with E-state index in [-0.39, 0.29) is 17.6 Å². The zero-order valence-electron chi connectivity index (χ0n) is 21.0. The predicted molar refractivity (Wildman–Crippen MR) is 124 cm³/mol. The van der Waals surface area contributed by atoms with Crippen molar-refractivity contribution >= 4 is 17.9 Å². The third kappa shape index (κ3) is 8.05. The molecule has 0 saturated heterocycles. The number of amides is 3. The Labute approximate surface area is 191 Å². The Kier molecular flexibility index (Phi) is 8.72. The van der Waals surface area contributed by atoms with Crippen LogP contribution < -0.4 is 10.6 Å². The van der Waals surface area contributed by atoms with Crippen molar-refractivity contribution in [3.63, 3.8) is 0 Å². The van der Waals surface area contributed by atoms with E-state index in [1.807, 2.05) is 34.6 Å². The Morgan fingerprint density at radius 2 is 1.62 bits per heavy atom. The fourth-order valence-corrected chi connectivity index (χ4v) is 3.13. The smallest absolute Gasteiger partial charge is 0.408 e. The fourth-order valence-electron chi connectivity index (χ4n) is 3.13. The van der Waals surface area contributed by atoms with Crippen LogP contribution in [0.2, 0.25) is 0 Å². The quantitative estimate of drug-likeness (QED) is 0.614. The standard InChI is InChI=1S/C24H39N3O5/c1-14(2)18(25-22(31)32-24(7,8)9)21(30)27(10)19(20(29)26-23(4,5)6)16-11-12-17(28)15(3)13-16/h11-14,18-19,28H,1-10H3,(H,25,31)(H,26,29). The topological polar surface area (TPSA) is 108 Å². The molecular weight excluding hydrogens is 410 g/mol. The highest BCUT2D eigenvalue weighted by Gasteiger charge is 2.36. The van der Waals surface area contributed by atoms with Gasteiger partial charge in [0.05, 0.1) is 0 Å². The molecule has 3 amide bonds. The van der Waals surface area contributed by atoms with Crippen molar-refractivity contribution in [2.45, 2.75) is 85.5 Å². The zero-order chi connectivity index (χ0) is 25.0. The summed E-state index contributed by atoms with van der Waals surface area (Å²) in [5.74, 6) is -0.932. The van der Waals surface area contributed by atoms with Crippen LogP contribution in [-0.2, 0) is 14.3 Å². The summed E-state index contributed by atoms with van der Waals surface area (Å²) in [5.41, 5.74) is -0.0849. The van der Waals surface area contributed by atoms with E-state index < -0.39 is 35.2 Å². The predicted octanol–water partition coefficient (Wildman–Crippen LogP) is 3.66. The summed E-state index contributed by atoms with van der Waals surface area (Å²) in [6.07, 6.45) is -0.700. The van der Waals surface area contributed by atoms with Crippen LogP contribution >= 0.6 is 0 Å². The number of rotatable bonds is 6. The number of nitrogens with one attached hydrogen (secondary N) is 2. The molecule has 0 aliphatic carbocycles. The van der Waals surface area contributed by atoms with Gasteiger partial charge < -0.3 is 25.4 Å². The second-order valence-electron chi connectivity index (χ2n) is 10.5. The third-order valence-electron chi connectivity index (χ3n) is 4.62. The summed E-state index contributed by atoms with van der Waals surface area (Å²) in [7, 11) is 1.53. The molecule has 2 atom stereocenters. The number of nitrogens with zero attached hydrogens (tertiary/aromatic N) is 1. The van der Waals surface area contributed by atoms with Gasteiger partial charge in [-0.25, -0.2) is 4.79 Å². The van der Waals surface area contributed by atoms with Crippen molar-refractivity contribution in [3.8, 4) is 5.75 Å². The number of hydrogen-bond donors (Lipinski definition) is 3. The monoisotopic (exact) mass is 449 g/mol. The molecule has 0 aromatic heterocycles. The summed E-state index contributed by atoms with van der Waals surface area (Å²) in [6, 6.07) is 2.95. The van der Waals surface area contributed by atoms with E-state index in [9.17, 15) is 19.5 Å². The van der Waals surface area contributed by atoms with E-state index in [1.165, 1.54) is 18.0 Å². The van der Waals surface area contributed by atoms with E-state index in [0.29, 0.717) is 11.1 Å². The van der Waals surface area contributed by atoms with Crippen molar-refractivity contribution in [2.24, 2.45) is 5.92 Å². The molecule has 32 heavy (non-hydrogen) atoms. The van der Waals surface area contributed by atoms with E-state index in [2.05, 4.69) is 10.6 Å². The fraction of sp³-hybridized carbons (Fsp3) is 0.625. The van der Waals surface area contributed by atoms with Crippen LogP contribution in [0.25, 0.3) is 0 Å². The van der Waals surface area contributed by atoms with Gasteiger partial charge in [0.25, 0.3) is 0 Å². The lowest BCUT2D eigenvalue weighted by atomic mass is 9.97. The first-order valence-corrected chi connectivity index (χ1v) is 10.8. The molecule has 1 rings (SSSR count). The van der Waals surface area contributed by atoms with Crippen LogP contribution in [-0.4, -0.2) is 52.1 Å². The molecule has 2 unspecified atom stereocenters. The van der Waals surface area contributed by atoms with Crippen LogP contribution in [0, 0.1) is 12.8 Å². The van der Waals surface area contributed by atoms with E-state index >= 15 is 0 Å². The molecular formula is C24H39N3O5. The second-order valence-corrected chi connectivity index (χ2v) is 10.5. The molecule has 1 aromatic rings. The number of phenols is 1. The summed E-state index contributed by atoms with van der Waals surface area (Å²) in [5, 5.41) is 15.5. The lowest BCUT2D eigenvalue weighted by molar-refractivity contribution is -0.142. The number of benzene rings is 1. The molecule has 0 radical (unpaired) electrons. The van der Waals surface area contributed by atoms with Crippen molar-refractivity contribution < 1.29 is 24.2 Å². The lowest BCUT2D eigenvalue weighted by Gasteiger charge is -2.34. The molecule has 0 heterocycles. The van der Waals surface area contributed by atoms with E-state index in [1.54, 1.807) is 39.8 Å². The number of aromatic hydroxyl groups is 1. The maximum absolute atomic E-state index is 13.4. The Bertz CT molecular complexity index is 837. The number of hydrogen-bond acceptors (Lipinski definition) is 5. The van der Waals surface area contributed by atoms with Crippen molar-refractivity contribution in [3.05, 3.63) is 29.3 Å². The first-order chi connectivity index (χ1) is 14.4. The number of alkyl carbamates (subject to hydrolysis) is 1. The Morgan fingerprint density at radius 3 is 2.06 bits per heavy atom. The average Bonchev–Trinajstić information content (AvgIpc) is 2.59. The summed E-state index contributed by atoms with van der Waals surface area (Å²) in [6.45, 7) is 16.1.